The van der Waals surface area contributed by atoms with Gasteiger partial charge in [0.2, 0.25) is 0 Å². The summed E-state index contributed by atoms with van der Waals surface area (Å²) in [6, 6.07) is 2.85. The van der Waals surface area contributed by atoms with E-state index in [4.69, 9.17) is 9.84 Å². The first-order chi connectivity index (χ1) is 8.95. The van der Waals surface area contributed by atoms with Crippen LogP contribution in [0, 0.1) is 0 Å². The number of halogens is 2. The van der Waals surface area contributed by atoms with Gasteiger partial charge < -0.3 is 15.2 Å². The molecule has 104 valence electrons. The van der Waals surface area contributed by atoms with Crippen molar-refractivity contribution in [2.75, 3.05) is 13.2 Å². The highest BCUT2D eigenvalue weighted by Crippen LogP contribution is 2.34. The van der Waals surface area contributed by atoms with Crippen molar-refractivity contribution in [2.45, 2.75) is 13.3 Å². The van der Waals surface area contributed by atoms with Crippen LogP contribution in [0.25, 0.3) is 0 Å². The van der Waals surface area contributed by atoms with Crippen molar-refractivity contribution < 1.29 is 19.4 Å². The van der Waals surface area contributed by atoms with Gasteiger partial charge in [0.15, 0.2) is 6.61 Å². The van der Waals surface area contributed by atoms with E-state index >= 15 is 0 Å². The van der Waals surface area contributed by atoms with Gasteiger partial charge in [-0.1, -0.05) is 6.92 Å². The fourth-order valence-electron chi connectivity index (χ4n) is 1.27. The number of hydrogen-bond donors (Lipinski definition) is 2. The molecule has 0 heterocycles. The second-order valence-electron chi connectivity index (χ2n) is 3.71. The Morgan fingerprint density at radius 1 is 1.32 bits per heavy atom. The number of aromatic carboxylic acids is 1. The molecule has 7 heteroatoms. The molecule has 0 aliphatic carbocycles. The van der Waals surface area contributed by atoms with Gasteiger partial charge >= 0.3 is 5.97 Å². The third kappa shape index (κ3) is 4.83. The molecule has 0 aliphatic heterocycles. The van der Waals surface area contributed by atoms with Crippen molar-refractivity contribution >= 4 is 43.7 Å². The summed E-state index contributed by atoms with van der Waals surface area (Å²) in [5, 5.41) is 11.6. The lowest BCUT2D eigenvalue weighted by Crippen LogP contribution is -2.29. The largest absolute Gasteiger partial charge is 0.481 e. The first-order valence-electron chi connectivity index (χ1n) is 5.57. The molecule has 5 nitrogen and oxygen atoms in total. The smallest absolute Gasteiger partial charge is 0.335 e. The first-order valence-corrected chi connectivity index (χ1v) is 7.16. The van der Waals surface area contributed by atoms with Gasteiger partial charge in [0.05, 0.1) is 14.5 Å². The Morgan fingerprint density at radius 3 is 2.37 bits per heavy atom. The molecular weight excluding hydrogens is 382 g/mol. The number of carbonyl (C=O) groups excluding carboxylic acids is 1. The zero-order valence-electron chi connectivity index (χ0n) is 10.2. The van der Waals surface area contributed by atoms with Crippen LogP contribution in [0.1, 0.15) is 23.7 Å². The van der Waals surface area contributed by atoms with Crippen LogP contribution in [-0.4, -0.2) is 30.1 Å². The minimum atomic E-state index is -1.03. The fraction of sp³-hybridized carbons (Fsp3) is 0.333. The Bertz CT molecular complexity index is 468. The van der Waals surface area contributed by atoms with Gasteiger partial charge in [0, 0.05) is 6.54 Å². The van der Waals surface area contributed by atoms with Gasteiger partial charge in [0.1, 0.15) is 5.75 Å². The zero-order chi connectivity index (χ0) is 14.4. The molecular formula is C12H13Br2NO4. The second-order valence-corrected chi connectivity index (χ2v) is 5.42. The van der Waals surface area contributed by atoms with Crippen LogP contribution in [0.4, 0.5) is 0 Å². The molecule has 0 saturated carbocycles. The Kier molecular flexibility index (Phi) is 6.30. The summed E-state index contributed by atoms with van der Waals surface area (Å²) in [6.45, 7) is 2.44. The average Bonchev–Trinajstić information content (AvgIpc) is 2.34. The first kappa shape index (κ1) is 16.0. The number of carboxylic acid groups (broad SMARTS) is 1. The number of ether oxygens (including phenoxy) is 1. The molecule has 0 fully saturated rings. The van der Waals surface area contributed by atoms with Crippen molar-refractivity contribution in [3.8, 4) is 5.75 Å². The zero-order valence-corrected chi connectivity index (χ0v) is 13.4. The highest BCUT2D eigenvalue weighted by Gasteiger charge is 2.13. The number of hydrogen-bond acceptors (Lipinski definition) is 3. The predicted octanol–water partition coefficient (Wildman–Crippen LogP) is 2.81. The Morgan fingerprint density at radius 2 is 1.89 bits per heavy atom. The number of carbonyl (C=O) groups is 2. The predicted molar refractivity (Wildman–Crippen MR) is 77.6 cm³/mol. The van der Waals surface area contributed by atoms with E-state index in [1.165, 1.54) is 12.1 Å². The van der Waals surface area contributed by atoms with Crippen LogP contribution in [0.2, 0.25) is 0 Å². The van der Waals surface area contributed by atoms with Crippen molar-refractivity contribution in [1.82, 2.24) is 5.32 Å². The molecule has 0 saturated heterocycles. The minimum Gasteiger partial charge on any atom is -0.481 e. The van der Waals surface area contributed by atoms with E-state index in [9.17, 15) is 9.59 Å². The van der Waals surface area contributed by atoms with Crippen LogP contribution in [-0.2, 0) is 4.79 Å². The SMILES string of the molecule is CCCNC(=O)COc1c(Br)cc(C(=O)O)cc1Br. The lowest BCUT2D eigenvalue weighted by molar-refractivity contribution is -0.123. The van der Waals surface area contributed by atoms with Crippen LogP contribution in [0.3, 0.4) is 0 Å². The molecule has 0 radical (unpaired) electrons. The Balaban J connectivity index is 2.74. The summed E-state index contributed by atoms with van der Waals surface area (Å²) < 4.78 is 6.31. The van der Waals surface area contributed by atoms with Crippen molar-refractivity contribution in [1.29, 1.82) is 0 Å². The summed E-state index contributed by atoms with van der Waals surface area (Å²) in [6.07, 6.45) is 0.854. The van der Waals surface area contributed by atoms with E-state index in [0.29, 0.717) is 21.2 Å². The number of amides is 1. The van der Waals surface area contributed by atoms with E-state index < -0.39 is 5.97 Å². The highest BCUT2D eigenvalue weighted by molar-refractivity contribution is 9.11. The van der Waals surface area contributed by atoms with E-state index in [2.05, 4.69) is 37.2 Å². The molecule has 0 spiro atoms. The van der Waals surface area contributed by atoms with Gasteiger partial charge in [-0.3, -0.25) is 4.79 Å². The lowest BCUT2D eigenvalue weighted by Gasteiger charge is -2.11. The molecule has 19 heavy (non-hydrogen) atoms. The van der Waals surface area contributed by atoms with Crippen LogP contribution < -0.4 is 10.1 Å². The number of rotatable bonds is 6. The van der Waals surface area contributed by atoms with Crippen molar-refractivity contribution in [3.63, 3.8) is 0 Å². The molecule has 0 atom stereocenters. The van der Waals surface area contributed by atoms with E-state index in [0.717, 1.165) is 6.42 Å². The maximum Gasteiger partial charge on any atom is 0.335 e. The molecule has 2 N–H and O–H groups in total. The topological polar surface area (TPSA) is 75.6 Å². The van der Waals surface area contributed by atoms with Crippen LogP contribution in [0.5, 0.6) is 5.75 Å². The third-order valence-electron chi connectivity index (χ3n) is 2.17. The van der Waals surface area contributed by atoms with Crippen LogP contribution in [0.15, 0.2) is 21.1 Å². The Hall–Kier alpha value is -1.08. The molecule has 0 aliphatic rings. The number of benzene rings is 1. The van der Waals surface area contributed by atoms with E-state index in [1.807, 2.05) is 6.92 Å². The summed E-state index contributed by atoms with van der Waals surface area (Å²) in [7, 11) is 0. The van der Waals surface area contributed by atoms with E-state index in [1.54, 1.807) is 0 Å². The molecule has 0 unspecified atom stereocenters. The average molecular weight is 395 g/mol. The van der Waals surface area contributed by atoms with Gasteiger partial charge in [-0.05, 0) is 50.4 Å². The number of carboxylic acids is 1. The van der Waals surface area contributed by atoms with Crippen molar-refractivity contribution in [3.05, 3.63) is 26.6 Å². The number of nitrogens with one attached hydrogen (secondary N) is 1. The quantitative estimate of drug-likeness (QED) is 0.777. The van der Waals surface area contributed by atoms with Crippen LogP contribution >= 0.6 is 31.9 Å². The van der Waals surface area contributed by atoms with Gasteiger partial charge in [-0.25, -0.2) is 4.79 Å². The summed E-state index contributed by atoms with van der Waals surface area (Å²) >= 11 is 6.44. The maximum atomic E-state index is 11.4. The molecule has 0 aromatic heterocycles. The molecule has 0 bridgehead atoms. The minimum absolute atomic E-state index is 0.121. The molecule has 1 aromatic rings. The van der Waals surface area contributed by atoms with Gasteiger partial charge in [-0.15, -0.1) is 0 Å². The molecule has 1 rings (SSSR count). The molecule has 1 aromatic carbocycles. The Labute approximate surface area is 127 Å². The summed E-state index contributed by atoms with van der Waals surface area (Å²) in [5.74, 6) is -0.853. The normalized spacial score (nSPS) is 10.1. The second kappa shape index (κ2) is 7.49. The fourth-order valence-corrected chi connectivity index (χ4v) is 2.69. The lowest BCUT2D eigenvalue weighted by atomic mass is 10.2. The van der Waals surface area contributed by atoms with Crippen molar-refractivity contribution in [2.24, 2.45) is 0 Å². The summed E-state index contributed by atoms with van der Waals surface area (Å²) in [4.78, 5) is 22.3. The van der Waals surface area contributed by atoms with E-state index in [-0.39, 0.29) is 18.1 Å². The standard InChI is InChI=1S/C12H13Br2NO4/c1-2-3-15-10(16)6-19-11-8(13)4-7(12(17)18)5-9(11)14/h4-5H,2-3,6H2,1H3,(H,15,16)(H,17,18). The summed E-state index contributed by atoms with van der Waals surface area (Å²) in [5.41, 5.74) is 0.126. The van der Waals surface area contributed by atoms with Gasteiger partial charge in [-0.2, -0.15) is 0 Å². The maximum absolute atomic E-state index is 11.4. The highest BCUT2D eigenvalue weighted by atomic mass is 79.9. The third-order valence-corrected chi connectivity index (χ3v) is 3.34. The monoisotopic (exact) mass is 393 g/mol. The molecule has 1 amide bonds. The van der Waals surface area contributed by atoms with Gasteiger partial charge in [0.25, 0.3) is 5.91 Å².